The SMILES string of the molecule is Cc1ccc(S(=O)(=O)NC(=O)c2cc3ccccc3[nH]2)cc1. The molecule has 3 rings (SSSR count). The van der Waals surface area contributed by atoms with E-state index in [9.17, 15) is 13.2 Å². The van der Waals surface area contributed by atoms with Gasteiger partial charge in [-0.05, 0) is 31.2 Å². The van der Waals surface area contributed by atoms with E-state index in [0.717, 1.165) is 16.5 Å². The second kappa shape index (κ2) is 5.31. The summed E-state index contributed by atoms with van der Waals surface area (Å²) in [6.07, 6.45) is 0. The second-order valence-corrected chi connectivity index (χ2v) is 6.70. The maximum atomic E-state index is 12.2. The van der Waals surface area contributed by atoms with Gasteiger partial charge in [0.15, 0.2) is 0 Å². The first-order valence-electron chi connectivity index (χ1n) is 6.67. The van der Waals surface area contributed by atoms with Crippen LogP contribution in [0, 0.1) is 6.92 Å². The normalized spacial score (nSPS) is 11.5. The molecule has 0 saturated carbocycles. The molecule has 2 aromatic carbocycles. The van der Waals surface area contributed by atoms with Crippen LogP contribution in [0.4, 0.5) is 0 Å². The van der Waals surface area contributed by atoms with Gasteiger partial charge in [-0.15, -0.1) is 0 Å². The Bertz CT molecular complexity index is 908. The second-order valence-electron chi connectivity index (χ2n) is 5.02. The van der Waals surface area contributed by atoms with E-state index in [0.29, 0.717) is 0 Å². The Kier molecular flexibility index (Phi) is 3.46. The lowest BCUT2D eigenvalue weighted by molar-refractivity contribution is 0.0977. The van der Waals surface area contributed by atoms with Crippen LogP contribution in [0.3, 0.4) is 0 Å². The number of carbonyl (C=O) groups is 1. The molecule has 0 unspecified atom stereocenters. The molecule has 0 aliphatic heterocycles. The predicted molar refractivity (Wildman–Crippen MR) is 84.1 cm³/mol. The first-order chi connectivity index (χ1) is 10.5. The third-order valence-electron chi connectivity index (χ3n) is 3.33. The molecule has 0 radical (unpaired) electrons. The van der Waals surface area contributed by atoms with Crippen molar-refractivity contribution >= 4 is 26.8 Å². The molecule has 2 N–H and O–H groups in total. The summed E-state index contributed by atoms with van der Waals surface area (Å²) < 4.78 is 26.5. The van der Waals surface area contributed by atoms with Crippen molar-refractivity contribution in [3.63, 3.8) is 0 Å². The monoisotopic (exact) mass is 314 g/mol. The van der Waals surface area contributed by atoms with Crippen molar-refractivity contribution in [3.8, 4) is 0 Å². The Morgan fingerprint density at radius 1 is 1.05 bits per heavy atom. The zero-order valence-electron chi connectivity index (χ0n) is 11.8. The fourth-order valence-corrected chi connectivity index (χ4v) is 3.12. The molecule has 0 fully saturated rings. The molecule has 3 aromatic rings. The lowest BCUT2D eigenvalue weighted by Crippen LogP contribution is -2.30. The number of amides is 1. The van der Waals surface area contributed by atoms with Crippen LogP contribution in [-0.4, -0.2) is 19.3 Å². The highest BCUT2D eigenvalue weighted by Crippen LogP contribution is 2.16. The van der Waals surface area contributed by atoms with Gasteiger partial charge in [-0.3, -0.25) is 4.79 Å². The Hall–Kier alpha value is -2.60. The van der Waals surface area contributed by atoms with E-state index in [4.69, 9.17) is 0 Å². The smallest absolute Gasteiger partial charge is 0.281 e. The van der Waals surface area contributed by atoms with E-state index in [1.165, 1.54) is 12.1 Å². The minimum Gasteiger partial charge on any atom is -0.351 e. The lowest BCUT2D eigenvalue weighted by Gasteiger charge is -2.06. The molecule has 1 aromatic heterocycles. The number of benzene rings is 2. The van der Waals surface area contributed by atoms with Crippen LogP contribution in [-0.2, 0) is 10.0 Å². The van der Waals surface area contributed by atoms with E-state index >= 15 is 0 Å². The summed E-state index contributed by atoms with van der Waals surface area (Å²) in [5.41, 5.74) is 1.93. The molecule has 0 saturated heterocycles. The van der Waals surface area contributed by atoms with E-state index < -0.39 is 15.9 Å². The fraction of sp³-hybridized carbons (Fsp3) is 0.0625. The van der Waals surface area contributed by atoms with E-state index in [1.807, 2.05) is 31.2 Å². The number of carbonyl (C=O) groups excluding carboxylic acids is 1. The largest absolute Gasteiger partial charge is 0.351 e. The molecule has 112 valence electrons. The molecule has 0 atom stereocenters. The van der Waals surface area contributed by atoms with Crippen molar-refractivity contribution in [1.29, 1.82) is 0 Å². The summed E-state index contributed by atoms with van der Waals surface area (Å²) in [5, 5.41) is 0.848. The Morgan fingerprint density at radius 2 is 1.73 bits per heavy atom. The molecule has 0 bridgehead atoms. The van der Waals surface area contributed by atoms with Crippen LogP contribution >= 0.6 is 0 Å². The maximum Gasteiger partial charge on any atom is 0.281 e. The average molecular weight is 314 g/mol. The van der Waals surface area contributed by atoms with Crippen LogP contribution in [0.1, 0.15) is 16.1 Å². The van der Waals surface area contributed by atoms with Crippen LogP contribution in [0.2, 0.25) is 0 Å². The quantitative estimate of drug-likeness (QED) is 0.780. The number of fused-ring (bicyclic) bond motifs is 1. The number of aromatic nitrogens is 1. The summed E-state index contributed by atoms with van der Waals surface area (Å²) in [6, 6.07) is 15.3. The highest BCUT2D eigenvalue weighted by atomic mass is 32.2. The molecule has 1 heterocycles. The number of aromatic amines is 1. The topological polar surface area (TPSA) is 79.0 Å². The zero-order valence-corrected chi connectivity index (χ0v) is 12.6. The standard InChI is InChI=1S/C16H14N2O3S/c1-11-6-8-13(9-7-11)22(20,21)18-16(19)15-10-12-4-2-3-5-14(12)17-15/h2-10,17H,1H3,(H,18,19). The highest BCUT2D eigenvalue weighted by Gasteiger charge is 2.19. The van der Waals surface area contributed by atoms with Gasteiger partial charge in [0.05, 0.1) is 4.90 Å². The van der Waals surface area contributed by atoms with Crippen molar-refractivity contribution in [2.75, 3.05) is 0 Å². The zero-order chi connectivity index (χ0) is 15.7. The van der Waals surface area contributed by atoms with Gasteiger partial charge >= 0.3 is 0 Å². The number of H-pyrrole nitrogens is 1. The third-order valence-corrected chi connectivity index (χ3v) is 4.68. The third kappa shape index (κ3) is 2.73. The average Bonchev–Trinajstić information content (AvgIpc) is 2.91. The number of nitrogens with one attached hydrogen (secondary N) is 2. The molecular weight excluding hydrogens is 300 g/mol. The highest BCUT2D eigenvalue weighted by molar-refractivity contribution is 7.90. The predicted octanol–water partition coefficient (Wildman–Crippen LogP) is 2.60. The van der Waals surface area contributed by atoms with Gasteiger partial charge in [-0.1, -0.05) is 35.9 Å². The van der Waals surface area contributed by atoms with E-state index in [2.05, 4.69) is 9.71 Å². The first kappa shape index (κ1) is 14.3. The number of hydrogen-bond donors (Lipinski definition) is 2. The number of para-hydroxylation sites is 1. The minimum atomic E-state index is -3.88. The number of hydrogen-bond acceptors (Lipinski definition) is 3. The van der Waals surface area contributed by atoms with Gasteiger partial charge < -0.3 is 4.98 Å². The Morgan fingerprint density at radius 3 is 2.41 bits per heavy atom. The molecule has 5 nitrogen and oxygen atoms in total. The summed E-state index contributed by atoms with van der Waals surface area (Å²) in [6.45, 7) is 1.86. The molecular formula is C16H14N2O3S. The van der Waals surface area contributed by atoms with Gasteiger partial charge in [0, 0.05) is 10.9 Å². The molecule has 0 spiro atoms. The molecule has 0 aliphatic carbocycles. The van der Waals surface area contributed by atoms with Gasteiger partial charge in [-0.25, -0.2) is 13.1 Å². The number of rotatable bonds is 3. The Labute approximate surface area is 128 Å². The summed E-state index contributed by atoms with van der Waals surface area (Å²) >= 11 is 0. The molecule has 6 heteroatoms. The molecule has 22 heavy (non-hydrogen) atoms. The van der Waals surface area contributed by atoms with Crippen molar-refractivity contribution < 1.29 is 13.2 Å². The fourth-order valence-electron chi connectivity index (χ4n) is 2.15. The van der Waals surface area contributed by atoms with Crippen LogP contribution < -0.4 is 4.72 Å². The first-order valence-corrected chi connectivity index (χ1v) is 8.15. The van der Waals surface area contributed by atoms with Gasteiger partial charge in [-0.2, -0.15) is 0 Å². The van der Waals surface area contributed by atoms with Crippen molar-refractivity contribution in [2.24, 2.45) is 0 Å². The van der Waals surface area contributed by atoms with Gasteiger partial charge in [0.2, 0.25) is 0 Å². The summed E-state index contributed by atoms with van der Waals surface area (Å²) in [7, 11) is -3.88. The summed E-state index contributed by atoms with van der Waals surface area (Å²) in [5.74, 6) is -0.684. The van der Waals surface area contributed by atoms with E-state index in [-0.39, 0.29) is 10.6 Å². The van der Waals surface area contributed by atoms with Gasteiger partial charge in [0.25, 0.3) is 15.9 Å². The number of sulfonamides is 1. The minimum absolute atomic E-state index is 0.0579. The van der Waals surface area contributed by atoms with Crippen LogP contribution in [0.5, 0.6) is 0 Å². The van der Waals surface area contributed by atoms with Crippen molar-refractivity contribution in [1.82, 2.24) is 9.71 Å². The lowest BCUT2D eigenvalue weighted by atomic mass is 10.2. The van der Waals surface area contributed by atoms with Crippen LogP contribution in [0.15, 0.2) is 59.5 Å². The maximum absolute atomic E-state index is 12.2. The number of aryl methyl sites for hydroxylation is 1. The molecule has 0 aliphatic rings. The van der Waals surface area contributed by atoms with Gasteiger partial charge in [0.1, 0.15) is 5.69 Å². The Balaban J connectivity index is 1.88. The van der Waals surface area contributed by atoms with E-state index in [1.54, 1.807) is 18.2 Å². The molecule has 1 amide bonds. The van der Waals surface area contributed by atoms with Crippen LogP contribution in [0.25, 0.3) is 10.9 Å². The van der Waals surface area contributed by atoms with Crippen molar-refractivity contribution in [3.05, 3.63) is 65.9 Å². The van der Waals surface area contributed by atoms with Crippen molar-refractivity contribution in [2.45, 2.75) is 11.8 Å². The summed E-state index contributed by atoms with van der Waals surface area (Å²) in [4.78, 5) is 15.1.